The van der Waals surface area contributed by atoms with Gasteiger partial charge in [-0.15, -0.1) is 0 Å². The van der Waals surface area contributed by atoms with Gasteiger partial charge in [-0.2, -0.15) is 0 Å². The molecule has 0 fully saturated rings. The zero-order valence-electron chi connectivity index (χ0n) is 4.21. The van der Waals surface area contributed by atoms with Crippen molar-refractivity contribution >= 4 is 14.5 Å². The van der Waals surface area contributed by atoms with Crippen LogP contribution in [0.15, 0.2) is 0 Å². The molecule has 9 heteroatoms. The van der Waals surface area contributed by atoms with Gasteiger partial charge < -0.3 is 27.4 Å². The van der Waals surface area contributed by atoms with E-state index in [9.17, 15) is 0 Å². The van der Waals surface area contributed by atoms with E-state index in [-0.39, 0.29) is 27.4 Å². The summed E-state index contributed by atoms with van der Waals surface area (Å²) in [6.45, 7) is 0. The van der Waals surface area contributed by atoms with Gasteiger partial charge in [0.15, 0.2) is 0 Å². The van der Waals surface area contributed by atoms with Crippen molar-refractivity contribution in [3.63, 3.8) is 0 Å². The van der Waals surface area contributed by atoms with Crippen LogP contribution in [-0.2, 0) is 3.83 Å². The Balaban J connectivity index is -0.00000000450. The van der Waals surface area contributed by atoms with Crippen LogP contribution in [0.1, 0.15) is 0 Å². The van der Waals surface area contributed by atoms with Gasteiger partial charge in [-0.3, -0.25) is 0 Å². The molecule has 0 spiro atoms. The van der Waals surface area contributed by atoms with E-state index in [0.29, 0.717) is 0 Å². The quantitative estimate of drug-likeness (QED) is 0.380. The van der Waals surface area contributed by atoms with Crippen LogP contribution in [0.25, 0.3) is 0 Å². The van der Waals surface area contributed by atoms with Crippen molar-refractivity contribution in [2.45, 2.75) is 0 Å². The molecule has 66 valence electrons. The van der Waals surface area contributed by atoms with Crippen molar-refractivity contribution in [1.29, 1.82) is 0 Å². The van der Waals surface area contributed by atoms with Crippen molar-refractivity contribution in [1.82, 2.24) is 0 Å². The fraction of sp³-hybridized carbons (Fsp3) is 0. The van der Waals surface area contributed by atoms with E-state index >= 15 is 0 Å². The van der Waals surface area contributed by atoms with Gasteiger partial charge in [0, 0.05) is 0 Å². The van der Waals surface area contributed by atoms with Crippen LogP contribution in [0.3, 0.4) is 0 Å². The summed E-state index contributed by atoms with van der Waals surface area (Å²) in [6, 6.07) is 0. The number of rotatable bonds is 0. The Kier molecular flexibility index (Phi) is 303. The van der Waals surface area contributed by atoms with Gasteiger partial charge >= 0.3 is 26.7 Å². The second-order valence-corrected chi connectivity index (χ2v) is 1.20. The van der Waals surface area contributed by atoms with Crippen molar-refractivity contribution in [3.8, 4) is 0 Å². The van der Waals surface area contributed by atoms with Crippen LogP contribution in [0.4, 0.5) is 0 Å². The molecule has 0 aromatic carbocycles. The Labute approximate surface area is 55.0 Å². The third-order valence-corrected chi connectivity index (χ3v) is 0. The number of hydrogen-bond acceptors (Lipinski definition) is 1. The normalized spacial score (nSPS) is 3.89. The summed E-state index contributed by atoms with van der Waals surface area (Å²) in [5.74, 6) is 0. The van der Waals surface area contributed by atoms with Crippen LogP contribution in [-0.4, -0.2) is 50.3 Å². The molecule has 0 radical (unpaired) electrons. The van der Waals surface area contributed by atoms with E-state index in [1.807, 2.05) is 0 Å². The van der Waals surface area contributed by atoms with E-state index < -0.39 is 14.5 Å². The summed E-state index contributed by atoms with van der Waals surface area (Å²) in [6.07, 6.45) is 0. The van der Waals surface area contributed by atoms with Crippen molar-refractivity contribution in [2.24, 2.45) is 0 Å². The van der Waals surface area contributed by atoms with E-state index in [4.69, 9.17) is 12.2 Å². The molecule has 0 aliphatic rings. The first-order chi connectivity index (χ1) is 1.73. The molecule has 0 saturated heterocycles. The summed E-state index contributed by atoms with van der Waals surface area (Å²) in [7, 11) is 0. The molecule has 0 bridgehead atoms. The fourth-order valence-corrected chi connectivity index (χ4v) is 0. The Hall–Kier alpha value is 0.0395. The predicted octanol–water partition coefficient (Wildman–Crippen LogP) is -5.74. The van der Waals surface area contributed by atoms with Crippen LogP contribution < -0.4 is 0 Å². The van der Waals surface area contributed by atoms with Gasteiger partial charge in [0.1, 0.15) is 0 Å². The Morgan fingerprint density at radius 3 is 0.778 bits per heavy atom. The van der Waals surface area contributed by atoms with Gasteiger partial charge in [-0.05, 0) is 0 Å². The summed E-state index contributed by atoms with van der Waals surface area (Å²) in [5, 5.41) is 0. The summed E-state index contributed by atoms with van der Waals surface area (Å²) in [4.78, 5) is 0. The topological polar surface area (TPSA) is 215 Å². The van der Waals surface area contributed by atoms with E-state index in [1.54, 1.807) is 0 Å². The van der Waals surface area contributed by atoms with Crippen molar-refractivity contribution < 1.29 is 39.6 Å². The molecule has 9 heavy (non-hydrogen) atoms. The molecule has 0 aliphatic carbocycles. The summed E-state index contributed by atoms with van der Waals surface area (Å²) < 4.78 is 23.1. The molecular formula is H12O8Se. The molecule has 0 atom stereocenters. The molecular weight excluding hydrogens is 207 g/mol. The summed E-state index contributed by atoms with van der Waals surface area (Å²) >= 11 is -3.29. The molecule has 0 aliphatic heterocycles. The molecule has 0 unspecified atom stereocenters. The van der Waals surface area contributed by atoms with Crippen LogP contribution in [0.5, 0.6) is 0 Å². The maximum absolute atomic E-state index is 8.76. The molecule has 0 heterocycles. The Morgan fingerprint density at radius 1 is 0.778 bits per heavy atom. The monoisotopic (exact) mass is 220 g/mol. The Morgan fingerprint density at radius 2 is 0.778 bits per heavy atom. The van der Waals surface area contributed by atoms with Crippen molar-refractivity contribution in [2.75, 3.05) is 0 Å². The van der Waals surface area contributed by atoms with E-state index in [2.05, 4.69) is 0 Å². The molecule has 0 aromatic heterocycles. The minimum atomic E-state index is -3.29. The average molecular weight is 219 g/mol. The zero-order chi connectivity index (χ0) is 3.58. The Bertz CT molecular complexity index is 27.5. The first-order valence-electron chi connectivity index (χ1n) is 0.532. The van der Waals surface area contributed by atoms with E-state index in [0.717, 1.165) is 0 Å². The van der Waals surface area contributed by atoms with Gasteiger partial charge in [0.2, 0.25) is 0 Å². The van der Waals surface area contributed by atoms with Crippen LogP contribution in [0, 0.1) is 0 Å². The standard InChI is InChI=1S/H2O3Se.5H2O/c1-4(2)3;;;;;/h(H2,1,2,3);5*1H2. The minimum absolute atomic E-state index is 0. The van der Waals surface area contributed by atoms with Crippen molar-refractivity contribution in [3.05, 3.63) is 0 Å². The molecule has 0 rings (SSSR count). The zero-order valence-corrected chi connectivity index (χ0v) is 5.92. The molecule has 8 nitrogen and oxygen atoms in total. The van der Waals surface area contributed by atoms with Crippen LogP contribution >= 0.6 is 0 Å². The average Bonchev–Trinajstić information content (AvgIpc) is 0.811. The third kappa shape index (κ3) is 188000. The van der Waals surface area contributed by atoms with Gasteiger partial charge in [0.25, 0.3) is 0 Å². The SMILES string of the molecule is O.O.O.O.O.O=[Se](O)O. The fourth-order valence-electron chi connectivity index (χ4n) is 0. The number of hydrogen-bond donors (Lipinski definition) is 2. The van der Waals surface area contributed by atoms with Gasteiger partial charge in [-0.25, -0.2) is 0 Å². The van der Waals surface area contributed by atoms with Gasteiger partial charge in [0.05, 0.1) is 0 Å². The second kappa shape index (κ2) is 43.1. The first kappa shape index (κ1) is 63.2. The molecule has 0 aromatic rings. The first-order valence-corrected chi connectivity index (χ1v) is 2.76. The molecule has 0 saturated carbocycles. The predicted molar refractivity (Wildman–Crippen MR) is 28.9 cm³/mol. The third-order valence-electron chi connectivity index (χ3n) is 0. The van der Waals surface area contributed by atoms with Gasteiger partial charge in [-0.1, -0.05) is 0 Å². The van der Waals surface area contributed by atoms with Crippen LogP contribution in [0.2, 0.25) is 0 Å². The maximum atomic E-state index is 8.76. The van der Waals surface area contributed by atoms with E-state index in [1.165, 1.54) is 0 Å². The second-order valence-electron chi connectivity index (χ2n) is 0.231. The molecule has 12 N–H and O–H groups in total. The summed E-state index contributed by atoms with van der Waals surface area (Å²) in [5.41, 5.74) is 0. The molecule has 0 amide bonds.